The molecule has 0 saturated carbocycles. The van der Waals surface area contributed by atoms with E-state index in [4.69, 9.17) is 4.74 Å². The van der Waals surface area contributed by atoms with E-state index in [-0.39, 0.29) is 18.6 Å². The van der Waals surface area contributed by atoms with Crippen molar-refractivity contribution in [3.63, 3.8) is 0 Å². The first-order valence-electron chi connectivity index (χ1n) is 9.02. The van der Waals surface area contributed by atoms with E-state index in [0.717, 1.165) is 38.2 Å². The maximum Gasteiger partial charge on any atom is 0.270 e. The van der Waals surface area contributed by atoms with Crippen LogP contribution in [0.15, 0.2) is 18.3 Å². The van der Waals surface area contributed by atoms with Crippen LogP contribution in [0.3, 0.4) is 0 Å². The van der Waals surface area contributed by atoms with Gasteiger partial charge in [0.1, 0.15) is 11.8 Å². The minimum atomic E-state index is -0.814. The predicted molar refractivity (Wildman–Crippen MR) is 93.3 cm³/mol. The Balaban J connectivity index is 1.49. The standard InChI is InChI=1S/C18H29N3O4/c1-19-7-3-4-14(19)18(24)21-8-5-13(6-9-21)10-20(2)15-11-25-12-16(22)17(15)23/h3-4,7,13,15-17,22-23H,5-6,8-12H2,1-2H3/t15-,16-,17+/m1/s1. The van der Waals surface area contributed by atoms with Crippen molar-refractivity contribution in [3.8, 4) is 0 Å². The van der Waals surface area contributed by atoms with Crippen molar-refractivity contribution in [2.24, 2.45) is 13.0 Å². The van der Waals surface area contributed by atoms with Gasteiger partial charge in [-0.3, -0.25) is 9.69 Å². The van der Waals surface area contributed by atoms with Crippen molar-refractivity contribution < 1.29 is 19.7 Å². The highest BCUT2D eigenvalue weighted by atomic mass is 16.5. The summed E-state index contributed by atoms with van der Waals surface area (Å²) in [7, 11) is 3.86. The summed E-state index contributed by atoms with van der Waals surface area (Å²) in [5.41, 5.74) is 0.729. The van der Waals surface area contributed by atoms with Crippen molar-refractivity contribution in [2.75, 3.05) is 39.9 Å². The largest absolute Gasteiger partial charge is 0.389 e. The van der Waals surface area contributed by atoms with Gasteiger partial charge in [0.15, 0.2) is 0 Å². The van der Waals surface area contributed by atoms with Crippen LogP contribution in [0.1, 0.15) is 23.3 Å². The molecule has 2 aliphatic rings. The van der Waals surface area contributed by atoms with Crippen LogP contribution < -0.4 is 0 Å². The smallest absolute Gasteiger partial charge is 0.270 e. The Morgan fingerprint density at radius 1 is 1.32 bits per heavy atom. The van der Waals surface area contributed by atoms with Gasteiger partial charge < -0.3 is 24.4 Å². The molecular weight excluding hydrogens is 322 g/mol. The second kappa shape index (κ2) is 7.86. The molecule has 7 nitrogen and oxygen atoms in total. The van der Waals surface area contributed by atoms with Gasteiger partial charge in [-0.2, -0.15) is 0 Å². The van der Waals surface area contributed by atoms with E-state index in [0.29, 0.717) is 12.5 Å². The molecule has 2 fully saturated rings. The zero-order chi connectivity index (χ0) is 18.0. The minimum Gasteiger partial charge on any atom is -0.389 e. The third-order valence-electron chi connectivity index (χ3n) is 5.54. The van der Waals surface area contributed by atoms with E-state index in [9.17, 15) is 15.0 Å². The van der Waals surface area contributed by atoms with Gasteiger partial charge in [0, 0.05) is 32.9 Å². The number of aliphatic hydroxyl groups is 2. The molecule has 2 saturated heterocycles. The van der Waals surface area contributed by atoms with E-state index in [1.165, 1.54) is 0 Å². The maximum absolute atomic E-state index is 12.6. The van der Waals surface area contributed by atoms with Crippen LogP contribution in [-0.2, 0) is 11.8 Å². The lowest BCUT2D eigenvalue weighted by Gasteiger charge is -2.40. The van der Waals surface area contributed by atoms with Gasteiger partial charge in [-0.15, -0.1) is 0 Å². The van der Waals surface area contributed by atoms with E-state index < -0.39 is 12.2 Å². The molecule has 25 heavy (non-hydrogen) atoms. The minimum absolute atomic E-state index is 0.0959. The number of likely N-dealkylation sites (N-methyl/N-ethyl adjacent to an activating group) is 1. The second-order valence-corrected chi connectivity index (χ2v) is 7.34. The monoisotopic (exact) mass is 351 g/mol. The fourth-order valence-electron chi connectivity index (χ4n) is 3.86. The van der Waals surface area contributed by atoms with E-state index in [1.807, 2.05) is 41.9 Å². The molecule has 3 heterocycles. The van der Waals surface area contributed by atoms with Gasteiger partial charge in [-0.1, -0.05) is 0 Å². The number of hydrogen-bond acceptors (Lipinski definition) is 5. The maximum atomic E-state index is 12.6. The Kier molecular flexibility index (Phi) is 5.78. The van der Waals surface area contributed by atoms with Crippen LogP contribution in [0, 0.1) is 5.92 Å². The lowest BCUT2D eigenvalue weighted by atomic mass is 9.94. The molecule has 1 amide bonds. The molecule has 2 N–H and O–H groups in total. The van der Waals surface area contributed by atoms with Crippen LogP contribution >= 0.6 is 0 Å². The van der Waals surface area contributed by atoms with Crippen LogP contribution in [0.2, 0.25) is 0 Å². The van der Waals surface area contributed by atoms with Gasteiger partial charge in [0.2, 0.25) is 0 Å². The summed E-state index contributed by atoms with van der Waals surface area (Å²) in [6.45, 7) is 3.00. The Morgan fingerprint density at radius 3 is 2.68 bits per heavy atom. The fraction of sp³-hybridized carbons (Fsp3) is 0.722. The van der Waals surface area contributed by atoms with E-state index >= 15 is 0 Å². The molecule has 0 spiro atoms. The number of hydrogen-bond donors (Lipinski definition) is 2. The molecule has 0 bridgehead atoms. The molecule has 0 aliphatic carbocycles. The lowest BCUT2D eigenvalue weighted by Crippen LogP contribution is -2.56. The first-order chi connectivity index (χ1) is 12.0. The second-order valence-electron chi connectivity index (χ2n) is 7.34. The number of likely N-dealkylation sites (tertiary alicyclic amines) is 1. The Morgan fingerprint density at radius 2 is 2.04 bits per heavy atom. The van der Waals surface area contributed by atoms with Gasteiger partial charge >= 0.3 is 0 Å². The summed E-state index contributed by atoms with van der Waals surface area (Å²) in [6, 6.07) is 3.57. The number of nitrogens with zero attached hydrogens (tertiary/aromatic N) is 3. The third kappa shape index (κ3) is 4.06. The highest BCUT2D eigenvalue weighted by molar-refractivity contribution is 5.92. The normalized spacial score (nSPS) is 28.5. The zero-order valence-electron chi connectivity index (χ0n) is 15.0. The quantitative estimate of drug-likeness (QED) is 0.794. The molecule has 140 valence electrons. The molecule has 1 aromatic rings. The van der Waals surface area contributed by atoms with Crippen LogP contribution in [0.5, 0.6) is 0 Å². The highest BCUT2D eigenvalue weighted by Gasteiger charge is 2.35. The average molecular weight is 351 g/mol. The molecule has 2 aliphatic heterocycles. The Hall–Kier alpha value is -1.41. The molecule has 7 heteroatoms. The van der Waals surface area contributed by atoms with Crippen molar-refractivity contribution in [2.45, 2.75) is 31.1 Å². The summed E-state index contributed by atoms with van der Waals surface area (Å²) in [6.07, 6.45) is 2.21. The number of aryl methyl sites for hydroxylation is 1. The van der Waals surface area contributed by atoms with Gasteiger partial charge in [-0.05, 0) is 37.9 Å². The molecule has 1 aromatic heterocycles. The van der Waals surface area contributed by atoms with Gasteiger partial charge in [0.25, 0.3) is 5.91 Å². The number of amides is 1. The van der Waals surface area contributed by atoms with Crippen LogP contribution in [0.25, 0.3) is 0 Å². The molecule has 0 unspecified atom stereocenters. The van der Waals surface area contributed by atoms with Gasteiger partial charge in [0.05, 0.1) is 25.4 Å². The van der Waals surface area contributed by atoms with Crippen LogP contribution in [-0.4, -0.2) is 88.6 Å². The summed E-state index contributed by atoms with van der Waals surface area (Å²) in [4.78, 5) is 16.6. The van der Waals surface area contributed by atoms with Crippen molar-refractivity contribution in [1.29, 1.82) is 0 Å². The highest BCUT2D eigenvalue weighted by Crippen LogP contribution is 2.22. The molecule has 3 rings (SSSR count). The molecule has 0 aromatic carbocycles. The summed E-state index contributed by atoms with van der Waals surface area (Å²) in [5, 5.41) is 19.9. The molecule has 0 radical (unpaired) electrons. The van der Waals surface area contributed by atoms with E-state index in [1.54, 1.807) is 0 Å². The predicted octanol–water partition coefficient (Wildman–Crippen LogP) is -0.0703. The van der Waals surface area contributed by atoms with Crippen molar-refractivity contribution >= 4 is 5.91 Å². The molecular formula is C18H29N3O4. The SMILES string of the molecule is CN(CC1CCN(C(=O)c2cccn2C)CC1)[C@@H]1COC[C@@H](O)[C@H]1O. The third-order valence-corrected chi connectivity index (χ3v) is 5.54. The number of aliphatic hydroxyl groups excluding tert-OH is 2. The van der Waals surface area contributed by atoms with E-state index in [2.05, 4.69) is 4.90 Å². The van der Waals surface area contributed by atoms with Crippen LogP contribution in [0.4, 0.5) is 0 Å². The van der Waals surface area contributed by atoms with Crippen molar-refractivity contribution in [1.82, 2.24) is 14.4 Å². The number of carbonyl (C=O) groups excluding carboxylic acids is 1. The number of ether oxygens (including phenoxy) is 1. The fourth-order valence-corrected chi connectivity index (χ4v) is 3.86. The average Bonchev–Trinajstić information content (AvgIpc) is 3.03. The number of carbonyl (C=O) groups is 1. The van der Waals surface area contributed by atoms with Gasteiger partial charge in [-0.25, -0.2) is 0 Å². The summed E-state index contributed by atoms with van der Waals surface area (Å²) >= 11 is 0. The lowest BCUT2D eigenvalue weighted by molar-refractivity contribution is -0.130. The first kappa shape index (κ1) is 18.4. The summed E-state index contributed by atoms with van der Waals surface area (Å²) < 4.78 is 7.23. The Labute approximate surface area is 148 Å². The van der Waals surface area contributed by atoms with Crippen molar-refractivity contribution in [3.05, 3.63) is 24.0 Å². The first-order valence-corrected chi connectivity index (χ1v) is 9.02. The topological polar surface area (TPSA) is 78.2 Å². The molecule has 3 atom stereocenters. The number of rotatable bonds is 4. The Bertz CT molecular complexity index is 583. The number of aromatic nitrogens is 1. The summed E-state index contributed by atoms with van der Waals surface area (Å²) in [5.74, 6) is 0.576. The zero-order valence-corrected chi connectivity index (χ0v) is 15.0. The number of piperidine rings is 1.